The summed E-state index contributed by atoms with van der Waals surface area (Å²) in [6.45, 7) is 1.08. The molecule has 0 saturated carbocycles. The molecule has 2 aromatic rings. The summed E-state index contributed by atoms with van der Waals surface area (Å²) in [6.07, 6.45) is 3.60. The van der Waals surface area contributed by atoms with Crippen molar-refractivity contribution in [3.63, 3.8) is 0 Å². The van der Waals surface area contributed by atoms with Crippen molar-refractivity contribution < 1.29 is 19.1 Å². The molecule has 7 heteroatoms. The molecule has 1 saturated heterocycles. The highest BCUT2D eigenvalue weighted by Gasteiger charge is 2.30. The van der Waals surface area contributed by atoms with E-state index in [0.717, 1.165) is 19.4 Å². The predicted octanol–water partition coefficient (Wildman–Crippen LogP) is 2.13. The number of hydrogen-bond acceptors (Lipinski definition) is 5. The van der Waals surface area contributed by atoms with E-state index in [1.54, 1.807) is 42.6 Å². The van der Waals surface area contributed by atoms with Crippen LogP contribution in [0.15, 0.2) is 42.6 Å². The number of carbonyl (C=O) groups is 2. The molecule has 1 N–H and O–H groups in total. The lowest BCUT2D eigenvalue weighted by Gasteiger charge is -2.21. The minimum Gasteiger partial charge on any atom is -0.436 e. The smallest absolute Gasteiger partial charge is 0.262 e. The fourth-order valence-corrected chi connectivity index (χ4v) is 3.15. The lowest BCUT2D eigenvalue weighted by atomic mass is 10.1. The number of pyridine rings is 1. The number of rotatable bonds is 4. The van der Waals surface area contributed by atoms with E-state index in [2.05, 4.69) is 10.3 Å². The standard InChI is InChI=1S/C19H19N3O4/c23-17(21-11-13-5-4-10-25-13)12-22-15-7-3-9-20-18(15)26-16-8-2-1-6-14(16)19(22)24/h1-3,6-9,13H,4-5,10-12H2,(H,21,23). The Labute approximate surface area is 150 Å². The topological polar surface area (TPSA) is 80.8 Å². The average molecular weight is 353 g/mol. The summed E-state index contributed by atoms with van der Waals surface area (Å²) < 4.78 is 11.3. The Morgan fingerprint density at radius 3 is 3.00 bits per heavy atom. The van der Waals surface area contributed by atoms with Crippen molar-refractivity contribution in [3.8, 4) is 11.6 Å². The Balaban J connectivity index is 1.57. The number of para-hydroxylation sites is 1. The fraction of sp³-hybridized carbons (Fsp3) is 0.316. The van der Waals surface area contributed by atoms with E-state index in [0.29, 0.717) is 29.4 Å². The lowest BCUT2D eigenvalue weighted by molar-refractivity contribution is -0.120. The summed E-state index contributed by atoms with van der Waals surface area (Å²) in [5.41, 5.74) is 0.874. The molecule has 0 aliphatic carbocycles. The van der Waals surface area contributed by atoms with Gasteiger partial charge in [0.25, 0.3) is 5.91 Å². The van der Waals surface area contributed by atoms with Crippen LogP contribution < -0.4 is 15.0 Å². The molecule has 0 radical (unpaired) electrons. The van der Waals surface area contributed by atoms with Gasteiger partial charge in [-0.25, -0.2) is 4.98 Å². The maximum Gasteiger partial charge on any atom is 0.262 e. The first kappa shape index (κ1) is 16.5. The minimum atomic E-state index is -0.292. The lowest BCUT2D eigenvalue weighted by Crippen LogP contribution is -2.42. The van der Waals surface area contributed by atoms with Crippen LogP contribution in [0.2, 0.25) is 0 Å². The van der Waals surface area contributed by atoms with Crippen LogP contribution in [0.25, 0.3) is 0 Å². The van der Waals surface area contributed by atoms with Gasteiger partial charge in [-0.05, 0) is 37.1 Å². The zero-order valence-corrected chi connectivity index (χ0v) is 14.2. The summed E-state index contributed by atoms with van der Waals surface area (Å²) >= 11 is 0. The second-order valence-corrected chi connectivity index (χ2v) is 6.26. The molecule has 7 nitrogen and oxygen atoms in total. The Morgan fingerprint density at radius 1 is 1.27 bits per heavy atom. The molecular weight excluding hydrogens is 334 g/mol. The number of benzene rings is 1. The number of carbonyl (C=O) groups excluding carboxylic acids is 2. The van der Waals surface area contributed by atoms with Gasteiger partial charge in [0.05, 0.1) is 11.7 Å². The van der Waals surface area contributed by atoms with Crippen LogP contribution in [-0.4, -0.2) is 42.6 Å². The Morgan fingerprint density at radius 2 is 2.15 bits per heavy atom. The molecule has 1 fully saturated rings. The Hall–Kier alpha value is -2.93. The van der Waals surface area contributed by atoms with Gasteiger partial charge in [0, 0.05) is 19.3 Å². The molecule has 1 aromatic heterocycles. The first-order valence-corrected chi connectivity index (χ1v) is 8.64. The van der Waals surface area contributed by atoms with Crippen LogP contribution in [0, 0.1) is 0 Å². The third-order valence-electron chi connectivity index (χ3n) is 4.46. The van der Waals surface area contributed by atoms with Crippen LogP contribution in [0.1, 0.15) is 23.2 Å². The highest BCUT2D eigenvalue weighted by atomic mass is 16.5. The highest BCUT2D eigenvalue weighted by molar-refractivity contribution is 6.11. The number of aromatic nitrogens is 1. The summed E-state index contributed by atoms with van der Waals surface area (Å²) in [5, 5.41) is 2.85. The highest BCUT2D eigenvalue weighted by Crippen LogP contribution is 2.36. The van der Waals surface area contributed by atoms with Gasteiger partial charge in [0.2, 0.25) is 11.8 Å². The predicted molar refractivity (Wildman–Crippen MR) is 94.4 cm³/mol. The molecule has 0 bridgehead atoms. The van der Waals surface area contributed by atoms with Gasteiger partial charge in [0.15, 0.2) is 0 Å². The van der Waals surface area contributed by atoms with Gasteiger partial charge in [-0.15, -0.1) is 0 Å². The average Bonchev–Trinajstić information content (AvgIpc) is 3.15. The summed E-state index contributed by atoms with van der Waals surface area (Å²) in [5.74, 6) is 0.195. The zero-order chi connectivity index (χ0) is 17.9. The first-order valence-electron chi connectivity index (χ1n) is 8.64. The van der Waals surface area contributed by atoms with Gasteiger partial charge in [0.1, 0.15) is 18.0 Å². The molecule has 1 atom stereocenters. The molecule has 26 heavy (non-hydrogen) atoms. The van der Waals surface area contributed by atoms with Gasteiger partial charge < -0.3 is 14.8 Å². The van der Waals surface area contributed by atoms with E-state index in [-0.39, 0.29) is 24.5 Å². The SMILES string of the molecule is O=C(CN1C(=O)c2ccccc2Oc2ncccc21)NCC1CCCO1. The van der Waals surface area contributed by atoms with E-state index >= 15 is 0 Å². The molecule has 2 amide bonds. The molecule has 3 heterocycles. The number of nitrogens with one attached hydrogen (secondary N) is 1. The van der Waals surface area contributed by atoms with Crippen molar-refractivity contribution in [1.82, 2.24) is 10.3 Å². The number of amides is 2. The van der Waals surface area contributed by atoms with Gasteiger partial charge in [-0.1, -0.05) is 12.1 Å². The largest absolute Gasteiger partial charge is 0.436 e. The van der Waals surface area contributed by atoms with Gasteiger partial charge >= 0.3 is 0 Å². The van der Waals surface area contributed by atoms with Gasteiger partial charge in [-0.3, -0.25) is 14.5 Å². The maximum atomic E-state index is 13.0. The number of anilines is 1. The van der Waals surface area contributed by atoms with Crippen molar-refractivity contribution in [3.05, 3.63) is 48.2 Å². The maximum absolute atomic E-state index is 13.0. The molecule has 2 aliphatic rings. The monoisotopic (exact) mass is 353 g/mol. The molecule has 1 aromatic carbocycles. The summed E-state index contributed by atoms with van der Waals surface area (Å²) in [7, 11) is 0. The second-order valence-electron chi connectivity index (χ2n) is 6.26. The number of ether oxygens (including phenoxy) is 2. The van der Waals surface area contributed by atoms with Crippen molar-refractivity contribution in [2.45, 2.75) is 18.9 Å². The molecule has 134 valence electrons. The normalized spacial score (nSPS) is 18.5. The van der Waals surface area contributed by atoms with Crippen molar-refractivity contribution in [1.29, 1.82) is 0 Å². The van der Waals surface area contributed by atoms with E-state index in [1.807, 2.05) is 0 Å². The van der Waals surface area contributed by atoms with Gasteiger partial charge in [-0.2, -0.15) is 0 Å². The third kappa shape index (κ3) is 3.25. The van der Waals surface area contributed by atoms with Crippen LogP contribution in [0.5, 0.6) is 11.6 Å². The summed E-state index contributed by atoms with van der Waals surface area (Å²) in [4.78, 5) is 31.0. The van der Waals surface area contributed by atoms with E-state index in [4.69, 9.17) is 9.47 Å². The van der Waals surface area contributed by atoms with E-state index in [9.17, 15) is 9.59 Å². The molecule has 1 unspecified atom stereocenters. The van der Waals surface area contributed by atoms with Crippen molar-refractivity contribution >= 4 is 17.5 Å². The quantitative estimate of drug-likeness (QED) is 0.911. The minimum absolute atomic E-state index is 0.0526. The van der Waals surface area contributed by atoms with Crippen molar-refractivity contribution in [2.75, 3.05) is 24.6 Å². The number of nitrogens with zero attached hydrogens (tertiary/aromatic N) is 2. The Bertz CT molecular complexity index is 833. The molecule has 0 spiro atoms. The Kier molecular flexibility index (Phi) is 4.53. The number of hydrogen-bond donors (Lipinski definition) is 1. The third-order valence-corrected chi connectivity index (χ3v) is 4.46. The van der Waals surface area contributed by atoms with Crippen molar-refractivity contribution in [2.24, 2.45) is 0 Å². The van der Waals surface area contributed by atoms with E-state index < -0.39 is 0 Å². The zero-order valence-electron chi connectivity index (χ0n) is 14.2. The van der Waals surface area contributed by atoms with Crippen LogP contribution in [-0.2, 0) is 9.53 Å². The number of fused-ring (bicyclic) bond motifs is 2. The summed E-state index contributed by atoms with van der Waals surface area (Å²) in [6, 6.07) is 10.4. The fourth-order valence-electron chi connectivity index (χ4n) is 3.15. The van der Waals surface area contributed by atoms with Crippen LogP contribution >= 0.6 is 0 Å². The first-order chi connectivity index (χ1) is 12.7. The molecule has 4 rings (SSSR count). The second kappa shape index (κ2) is 7.13. The van der Waals surface area contributed by atoms with Crippen LogP contribution in [0.4, 0.5) is 5.69 Å². The molecule has 2 aliphatic heterocycles. The molecular formula is C19H19N3O4. The van der Waals surface area contributed by atoms with E-state index in [1.165, 1.54) is 4.90 Å². The van der Waals surface area contributed by atoms with Crippen LogP contribution in [0.3, 0.4) is 0 Å².